The highest BCUT2D eigenvalue weighted by molar-refractivity contribution is 5.89. The average molecular weight is 255 g/mol. The molecular weight excluding hydrogens is 234 g/mol. The first-order valence-electron chi connectivity index (χ1n) is 6.27. The molecule has 0 aromatic heterocycles. The van der Waals surface area contributed by atoms with Gasteiger partial charge in [-0.05, 0) is 27.2 Å². The van der Waals surface area contributed by atoms with E-state index in [4.69, 9.17) is 0 Å². The molecule has 2 atom stereocenters. The maximum absolute atomic E-state index is 11.9. The van der Waals surface area contributed by atoms with E-state index in [1.165, 1.54) is 0 Å². The van der Waals surface area contributed by atoms with E-state index in [1.54, 1.807) is 6.92 Å². The zero-order valence-electron chi connectivity index (χ0n) is 11.1. The number of amides is 3. The molecule has 0 saturated carbocycles. The van der Waals surface area contributed by atoms with Crippen LogP contribution in [0.3, 0.4) is 0 Å². The summed E-state index contributed by atoms with van der Waals surface area (Å²) in [6.45, 7) is 5.73. The highest BCUT2D eigenvalue weighted by atomic mass is 16.2. The van der Waals surface area contributed by atoms with Crippen molar-refractivity contribution >= 4 is 17.7 Å². The predicted molar refractivity (Wildman–Crippen MR) is 66.6 cm³/mol. The third kappa shape index (κ3) is 4.35. The van der Waals surface area contributed by atoms with E-state index in [9.17, 15) is 14.4 Å². The van der Waals surface area contributed by atoms with Crippen molar-refractivity contribution in [2.45, 2.75) is 45.7 Å². The maximum atomic E-state index is 11.9. The summed E-state index contributed by atoms with van der Waals surface area (Å²) >= 11 is 0. The fraction of sp³-hybridized carbons (Fsp3) is 0.750. The lowest BCUT2D eigenvalue weighted by Crippen LogP contribution is -2.50. The van der Waals surface area contributed by atoms with Crippen molar-refractivity contribution in [1.82, 2.24) is 16.0 Å². The van der Waals surface area contributed by atoms with Gasteiger partial charge in [-0.25, -0.2) is 0 Å². The Labute approximate surface area is 107 Å². The van der Waals surface area contributed by atoms with Crippen LogP contribution in [0.1, 0.15) is 33.6 Å². The summed E-state index contributed by atoms with van der Waals surface area (Å²) < 4.78 is 0. The van der Waals surface area contributed by atoms with E-state index in [0.29, 0.717) is 19.4 Å². The van der Waals surface area contributed by atoms with Gasteiger partial charge in [0.25, 0.3) is 0 Å². The fourth-order valence-electron chi connectivity index (χ4n) is 1.76. The Morgan fingerprint density at radius 1 is 1.28 bits per heavy atom. The maximum Gasteiger partial charge on any atom is 0.242 e. The van der Waals surface area contributed by atoms with E-state index in [-0.39, 0.29) is 29.7 Å². The molecule has 1 rings (SSSR count). The van der Waals surface area contributed by atoms with Crippen LogP contribution in [-0.4, -0.2) is 36.3 Å². The molecule has 3 amide bonds. The van der Waals surface area contributed by atoms with Gasteiger partial charge in [-0.3, -0.25) is 14.4 Å². The summed E-state index contributed by atoms with van der Waals surface area (Å²) in [6.07, 6.45) is 0.904. The van der Waals surface area contributed by atoms with Crippen LogP contribution in [0, 0.1) is 5.92 Å². The third-order valence-electron chi connectivity index (χ3n) is 2.82. The van der Waals surface area contributed by atoms with Gasteiger partial charge in [0, 0.05) is 19.0 Å². The topological polar surface area (TPSA) is 87.3 Å². The van der Waals surface area contributed by atoms with Crippen LogP contribution in [0.25, 0.3) is 0 Å². The summed E-state index contributed by atoms with van der Waals surface area (Å²) in [6, 6.07) is -0.511. The summed E-state index contributed by atoms with van der Waals surface area (Å²) in [5, 5.41) is 8.05. The molecule has 6 heteroatoms. The molecule has 0 bridgehead atoms. The Kier molecular flexibility index (Phi) is 5.12. The number of hydrogen-bond donors (Lipinski definition) is 3. The number of piperidine rings is 1. The van der Waals surface area contributed by atoms with Gasteiger partial charge in [-0.2, -0.15) is 0 Å². The molecule has 1 aliphatic heterocycles. The van der Waals surface area contributed by atoms with Crippen molar-refractivity contribution in [3.05, 3.63) is 0 Å². The van der Waals surface area contributed by atoms with Crippen LogP contribution in [0.5, 0.6) is 0 Å². The van der Waals surface area contributed by atoms with E-state index in [0.717, 1.165) is 0 Å². The Bertz CT molecular complexity index is 331. The Hall–Kier alpha value is -1.59. The molecule has 0 spiro atoms. The minimum Gasteiger partial charge on any atom is -0.355 e. The standard InChI is InChI=1S/C12H21N3O3/c1-7(2)14-11(17)8(3)15-12(18)9-4-5-10(16)13-6-9/h7-9H,4-6H2,1-3H3,(H,13,16)(H,14,17)(H,15,18). The zero-order chi connectivity index (χ0) is 13.7. The zero-order valence-corrected chi connectivity index (χ0v) is 11.1. The first kappa shape index (κ1) is 14.5. The van der Waals surface area contributed by atoms with E-state index >= 15 is 0 Å². The Morgan fingerprint density at radius 2 is 1.94 bits per heavy atom. The van der Waals surface area contributed by atoms with Gasteiger partial charge in [-0.15, -0.1) is 0 Å². The minimum absolute atomic E-state index is 0.0235. The summed E-state index contributed by atoms with van der Waals surface area (Å²) in [5.41, 5.74) is 0. The second kappa shape index (κ2) is 6.37. The third-order valence-corrected chi connectivity index (χ3v) is 2.82. The lowest BCUT2D eigenvalue weighted by Gasteiger charge is -2.23. The molecule has 3 N–H and O–H groups in total. The Morgan fingerprint density at radius 3 is 2.44 bits per heavy atom. The highest BCUT2D eigenvalue weighted by Crippen LogP contribution is 2.10. The van der Waals surface area contributed by atoms with Crippen LogP contribution in [0.2, 0.25) is 0 Å². The molecular formula is C12H21N3O3. The van der Waals surface area contributed by atoms with Crippen molar-refractivity contribution in [2.24, 2.45) is 5.92 Å². The van der Waals surface area contributed by atoms with E-state index < -0.39 is 6.04 Å². The summed E-state index contributed by atoms with van der Waals surface area (Å²) in [4.78, 5) is 34.5. The van der Waals surface area contributed by atoms with Gasteiger partial charge in [-0.1, -0.05) is 0 Å². The summed E-state index contributed by atoms with van der Waals surface area (Å²) in [7, 11) is 0. The molecule has 18 heavy (non-hydrogen) atoms. The van der Waals surface area contributed by atoms with Gasteiger partial charge in [0.2, 0.25) is 17.7 Å². The largest absolute Gasteiger partial charge is 0.355 e. The normalized spacial score (nSPS) is 21.1. The summed E-state index contributed by atoms with van der Waals surface area (Å²) in [5.74, 6) is -0.638. The van der Waals surface area contributed by atoms with Crippen LogP contribution in [-0.2, 0) is 14.4 Å². The SMILES string of the molecule is CC(C)NC(=O)C(C)NC(=O)C1CCC(=O)NC1. The molecule has 102 valence electrons. The number of nitrogens with one attached hydrogen (secondary N) is 3. The van der Waals surface area contributed by atoms with Crippen LogP contribution >= 0.6 is 0 Å². The molecule has 0 radical (unpaired) electrons. The fourth-order valence-corrected chi connectivity index (χ4v) is 1.76. The van der Waals surface area contributed by atoms with Crippen LogP contribution in [0.15, 0.2) is 0 Å². The van der Waals surface area contributed by atoms with Crippen molar-refractivity contribution < 1.29 is 14.4 Å². The van der Waals surface area contributed by atoms with Crippen molar-refractivity contribution in [3.63, 3.8) is 0 Å². The van der Waals surface area contributed by atoms with Crippen molar-refractivity contribution in [3.8, 4) is 0 Å². The first-order chi connectivity index (χ1) is 8.40. The monoisotopic (exact) mass is 255 g/mol. The number of rotatable bonds is 4. The molecule has 2 unspecified atom stereocenters. The molecule has 0 aromatic carbocycles. The first-order valence-corrected chi connectivity index (χ1v) is 6.27. The molecule has 6 nitrogen and oxygen atoms in total. The number of carbonyl (C=O) groups is 3. The van der Waals surface area contributed by atoms with Crippen molar-refractivity contribution in [1.29, 1.82) is 0 Å². The predicted octanol–water partition coefficient (Wildman–Crippen LogP) is -0.458. The van der Waals surface area contributed by atoms with Crippen LogP contribution in [0.4, 0.5) is 0 Å². The molecule has 1 heterocycles. The average Bonchev–Trinajstić information content (AvgIpc) is 2.28. The van der Waals surface area contributed by atoms with Gasteiger partial charge < -0.3 is 16.0 Å². The van der Waals surface area contributed by atoms with Gasteiger partial charge in [0.1, 0.15) is 6.04 Å². The van der Waals surface area contributed by atoms with Crippen LogP contribution < -0.4 is 16.0 Å². The highest BCUT2D eigenvalue weighted by Gasteiger charge is 2.26. The smallest absolute Gasteiger partial charge is 0.242 e. The van der Waals surface area contributed by atoms with Crippen molar-refractivity contribution in [2.75, 3.05) is 6.54 Å². The van der Waals surface area contributed by atoms with Gasteiger partial charge in [0.05, 0.1) is 5.92 Å². The lowest BCUT2D eigenvalue weighted by atomic mass is 9.98. The van der Waals surface area contributed by atoms with E-state index in [2.05, 4.69) is 16.0 Å². The molecule has 0 aromatic rings. The minimum atomic E-state index is -0.558. The molecule has 1 aliphatic rings. The Balaban J connectivity index is 2.39. The second-order valence-corrected chi connectivity index (χ2v) is 4.93. The molecule has 1 fully saturated rings. The van der Waals surface area contributed by atoms with Gasteiger partial charge >= 0.3 is 0 Å². The number of hydrogen-bond acceptors (Lipinski definition) is 3. The quantitative estimate of drug-likeness (QED) is 0.635. The lowest BCUT2D eigenvalue weighted by molar-refractivity contribution is -0.133. The molecule has 1 saturated heterocycles. The van der Waals surface area contributed by atoms with Gasteiger partial charge in [0.15, 0.2) is 0 Å². The second-order valence-electron chi connectivity index (χ2n) is 4.93. The van der Waals surface area contributed by atoms with E-state index in [1.807, 2.05) is 13.8 Å². The number of carbonyl (C=O) groups excluding carboxylic acids is 3. The molecule has 0 aliphatic carbocycles.